The second-order valence-electron chi connectivity index (χ2n) is 4.60. The van der Waals surface area contributed by atoms with Crippen molar-refractivity contribution in [1.29, 1.82) is 0 Å². The Balaban J connectivity index is 2.16. The summed E-state index contributed by atoms with van der Waals surface area (Å²) >= 11 is 0. The molecule has 1 aromatic carbocycles. The molecular weight excluding hydrogens is 255 g/mol. The van der Waals surface area contributed by atoms with Crippen molar-refractivity contribution in [3.8, 4) is 0 Å². The smallest absolute Gasteiger partial charge is 0.236 e. The van der Waals surface area contributed by atoms with Crippen molar-refractivity contribution in [1.82, 2.24) is 5.32 Å². The van der Waals surface area contributed by atoms with Crippen molar-refractivity contribution in [2.24, 2.45) is 0 Å². The molecule has 2 rings (SSSR count). The van der Waals surface area contributed by atoms with Crippen molar-refractivity contribution >= 4 is 15.7 Å². The molecule has 0 bridgehead atoms. The summed E-state index contributed by atoms with van der Waals surface area (Å²) in [5, 5.41) is 2.54. The van der Waals surface area contributed by atoms with Gasteiger partial charge in [0.05, 0.1) is 10.9 Å². The van der Waals surface area contributed by atoms with Gasteiger partial charge in [0.2, 0.25) is 10.0 Å². The number of aryl methyl sites for hydroxylation is 1. The average Bonchev–Trinajstić information content (AvgIpc) is 2.34. The van der Waals surface area contributed by atoms with Gasteiger partial charge in [-0.15, -0.1) is 0 Å². The molecule has 1 heterocycles. The molecule has 0 spiro atoms. The lowest BCUT2D eigenvalue weighted by molar-refractivity contribution is 0.499. The van der Waals surface area contributed by atoms with E-state index in [0.29, 0.717) is 13.0 Å². The zero-order chi connectivity index (χ0) is 13.2. The first kappa shape index (κ1) is 13.3. The summed E-state index contributed by atoms with van der Waals surface area (Å²) in [6.07, 6.45) is 1.43. The van der Waals surface area contributed by atoms with Crippen molar-refractivity contribution in [2.75, 3.05) is 17.8 Å². The topological polar surface area (TPSA) is 58.2 Å². The van der Waals surface area contributed by atoms with Crippen molar-refractivity contribution in [2.45, 2.75) is 25.0 Å². The number of rotatable bonds is 3. The van der Waals surface area contributed by atoms with E-state index in [4.69, 9.17) is 0 Å². The van der Waals surface area contributed by atoms with Gasteiger partial charge in [0.15, 0.2) is 0 Å². The highest BCUT2D eigenvalue weighted by atomic mass is 32.2. The highest BCUT2D eigenvalue weighted by Gasteiger charge is 2.27. The highest BCUT2D eigenvalue weighted by molar-refractivity contribution is 7.93. The molecule has 18 heavy (non-hydrogen) atoms. The summed E-state index contributed by atoms with van der Waals surface area (Å²) in [7, 11) is -3.52. The van der Waals surface area contributed by atoms with E-state index in [1.54, 1.807) is 13.0 Å². The minimum Gasteiger partial charge on any atom is -0.315 e. The summed E-state index contributed by atoms with van der Waals surface area (Å²) < 4.78 is 40.1. The third kappa shape index (κ3) is 3.00. The van der Waals surface area contributed by atoms with E-state index in [-0.39, 0.29) is 5.69 Å². The van der Waals surface area contributed by atoms with E-state index in [0.717, 1.165) is 18.5 Å². The van der Waals surface area contributed by atoms with Crippen molar-refractivity contribution < 1.29 is 12.8 Å². The minimum absolute atomic E-state index is 0.0196. The van der Waals surface area contributed by atoms with Crippen LogP contribution in [0.3, 0.4) is 0 Å². The van der Waals surface area contributed by atoms with Crippen LogP contribution < -0.4 is 10.0 Å². The van der Waals surface area contributed by atoms with Gasteiger partial charge >= 0.3 is 0 Å². The predicted molar refractivity (Wildman–Crippen MR) is 69.6 cm³/mol. The lowest BCUT2D eigenvalue weighted by Gasteiger charge is -2.23. The van der Waals surface area contributed by atoms with Crippen LogP contribution in [0.15, 0.2) is 18.2 Å². The van der Waals surface area contributed by atoms with Gasteiger partial charge in [0, 0.05) is 6.54 Å². The van der Waals surface area contributed by atoms with Crippen LogP contribution in [0.1, 0.15) is 18.4 Å². The van der Waals surface area contributed by atoms with Crippen LogP contribution in [0.25, 0.3) is 0 Å². The molecule has 1 aliphatic rings. The van der Waals surface area contributed by atoms with Gasteiger partial charge in [-0.1, -0.05) is 6.07 Å². The Morgan fingerprint density at radius 3 is 2.83 bits per heavy atom. The lowest BCUT2D eigenvalue weighted by atomic mass is 10.2. The van der Waals surface area contributed by atoms with Gasteiger partial charge in [-0.2, -0.15) is 0 Å². The first-order valence-electron chi connectivity index (χ1n) is 5.97. The van der Waals surface area contributed by atoms with Gasteiger partial charge in [0.1, 0.15) is 5.82 Å². The fourth-order valence-electron chi connectivity index (χ4n) is 2.02. The third-order valence-electron chi connectivity index (χ3n) is 3.07. The Labute approximate surface area is 107 Å². The SMILES string of the molecule is Cc1ccc(NS(=O)(=O)C2CCCNC2)c(F)c1. The minimum atomic E-state index is -3.52. The Morgan fingerprint density at radius 2 is 2.22 bits per heavy atom. The Hall–Kier alpha value is -1.14. The highest BCUT2D eigenvalue weighted by Crippen LogP contribution is 2.20. The maximum absolute atomic E-state index is 13.6. The number of nitrogens with one attached hydrogen (secondary N) is 2. The summed E-state index contributed by atoms with van der Waals surface area (Å²) in [4.78, 5) is 0. The number of sulfonamides is 1. The molecule has 100 valence electrons. The van der Waals surface area contributed by atoms with Crippen molar-refractivity contribution in [3.63, 3.8) is 0 Å². The van der Waals surface area contributed by atoms with Gasteiger partial charge in [0.25, 0.3) is 0 Å². The predicted octanol–water partition coefficient (Wildman–Crippen LogP) is 1.63. The molecule has 0 aliphatic carbocycles. The summed E-state index contributed by atoms with van der Waals surface area (Å²) in [5.74, 6) is -0.539. The average molecular weight is 272 g/mol. The second-order valence-corrected chi connectivity index (χ2v) is 6.56. The van der Waals surface area contributed by atoms with Crippen LogP contribution in [0.5, 0.6) is 0 Å². The molecule has 1 atom stereocenters. The van der Waals surface area contributed by atoms with Gasteiger partial charge < -0.3 is 5.32 Å². The number of benzene rings is 1. The van der Waals surface area contributed by atoms with Gasteiger partial charge in [-0.25, -0.2) is 12.8 Å². The molecule has 0 saturated carbocycles. The zero-order valence-electron chi connectivity index (χ0n) is 10.2. The molecule has 4 nitrogen and oxygen atoms in total. The zero-order valence-corrected chi connectivity index (χ0v) is 11.1. The van der Waals surface area contributed by atoms with E-state index < -0.39 is 21.1 Å². The third-order valence-corrected chi connectivity index (χ3v) is 4.85. The Kier molecular flexibility index (Phi) is 3.87. The van der Waals surface area contributed by atoms with Crippen LogP contribution in [0, 0.1) is 12.7 Å². The monoisotopic (exact) mass is 272 g/mol. The summed E-state index contributed by atoms with van der Waals surface area (Å²) in [6, 6.07) is 4.45. The Morgan fingerprint density at radius 1 is 1.44 bits per heavy atom. The molecule has 1 aromatic rings. The quantitative estimate of drug-likeness (QED) is 0.879. The van der Waals surface area contributed by atoms with Gasteiger partial charge in [-0.3, -0.25) is 4.72 Å². The largest absolute Gasteiger partial charge is 0.315 e. The molecule has 6 heteroatoms. The Bertz CT molecular complexity index is 525. The molecule has 2 N–H and O–H groups in total. The first-order chi connectivity index (χ1) is 8.49. The summed E-state index contributed by atoms with van der Waals surface area (Å²) in [5.41, 5.74) is 0.779. The number of hydrogen-bond donors (Lipinski definition) is 2. The van der Waals surface area contributed by atoms with E-state index in [9.17, 15) is 12.8 Å². The molecule has 0 amide bonds. The number of piperidine rings is 1. The van der Waals surface area contributed by atoms with Crippen LogP contribution in [-0.2, 0) is 10.0 Å². The molecule has 1 aliphatic heterocycles. The fourth-order valence-corrected chi connectivity index (χ4v) is 3.48. The van der Waals surface area contributed by atoms with E-state index >= 15 is 0 Å². The normalized spacial score (nSPS) is 20.7. The number of hydrogen-bond acceptors (Lipinski definition) is 3. The molecule has 0 radical (unpaired) electrons. The van der Waals surface area contributed by atoms with E-state index in [2.05, 4.69) is 10.0 Å². The fraction of sp³-hybridized carbons (Fsp3) is 0.500. The number of halogens is 1. The second kappa shape index (κ2) is 5.24. The maximum Gasteiger partial charge on any atom is 0.236 e. The van der Waals surface area contributed by atoms with Crippen LogP contribution in [0.2, 0.25) is 0 Å². The first-order valence-corrected chi connectivity index (χ1v) is 7.52. The molecular formula is C12H17FN2O2S. The lowest BCUT2D eigenvalue weighted by Crippen LogP contribution is -2.41. The van der Waals surface area contributed by atoms with E-state index in [1.165, 1.54) is 12.1 Å². The molecule has 0 aromatic heterocycles. The van der Waals surface area contributed by atoms with E-state index in [1.807, 2.05) is 0 Å². The van der Waals surface area contributed by atoms with Crippen LogP contribution in [0.4, 0.5) is 10.1 Å². The summed E-state index contributed by atoms with van der Waals surface area (Å²) in [6.45, 7) is 3.01. The van der Waals surface area contributed by atoms with Crippen LogP contribution >= 0.6 is 0 Å². The molecule has 1 saturated heterocycles. The molecule has 1 fully saturated rings. The number of anilines is 1. The standard InChI is InChI=1S/C12H17FN2O2S/c1-9-4-5-12(11(13)7-9)15-18(16,17)10-3-2-6-14-8-10/h4-5,7,10,14-15H,2-3,6,8H2,1H3. The van der Waals surface area contributed by atoms with Crippen molar-refractivity contribution in [3.05, 3.63) is 29.6 Å². The maximum atomic E-state index is 13.6. The van der Waals surface area contributed by atoms with Gasteiger partial charge in [-0.05, 0) is 44.0 Å². The van der Waals surface area contributed by atoms with Crippen LogP contribution in [-0.4, -0.2) is 26.8 Å². The molecule has 1 unspecified atom stereocenters.